The molecule has 8 aromatic rings. The van der Waals surface area contributed by atoms with Crippen LogP contribution in [0.3, 0.4) is 0 Å². The Bertz CT molecular complexity index is 5880. The zero-order chi connectivity index (χ0) is 101. The summed E-state index contributed by atoms with van der Waals surface area (Å²) in [5.41, 5.74) is -11.5. The van der Waals surface area contributed by atoms with Gasteiger partial charge in [-0.25, -0.2) is 8.78 Å². The zero-order valence-electron chi connectivity index (χ0n) is 87.4. The highest BCUT2D eigenvalue weighted by atomic mass is 32.2. The maximum atomic E-state index is 15.3. The lowest BCUT2D eigenvalue weighted by Crippen LogP contribution is -2.42. The summed E-state index contributed by atoms with van der Waals surface area (Å²) in [5, 5.41) is -1.02. The first-order valence-electron chi connectivity index (χ1n) is 46.5. The van der Waals surface area contributed by atoms with Crippen molar-refractivity contribution in [2.45, 2.75) is 140 Å². The van der Waals surface area contributed by atoms with E-state index in [0.29, 0.717) is 68.0 Å². The van der Waals surface area contributed by atoms with Gasteiger partial charge in [0, 0.05) is 91.2 Å². The molecule has 1 atom stereocenters. The molecule has 2 aliphatic rings. The highest BCUT2D eigenvalue weighted by molar-refractivity contribution is 7.98. The molecule has 6 aromatic carbocycles. The number of alkyl halides is 6. The number of benzene rings is 6. The molecule has 12 nitrogen and oxygen atoms in total. The van der Waals surface area contributed by atoms with Crippen molar-refractivity contribution in [3.8, 4) is 22.3 Å². The third-order valence-corrected chi connectivity index (χ3v) is 16.1. The van der Waals surface area contributed by atoms with E-state index in [1.54, 1.807) is 0 Å². The van der Waals surface area contributed by atoms with E-state index in [4.69, 9.17) is 39.8 Å². The number of aromatic nitrogens is 4. The van der Waals surface area contributed by atoms with Crippen molar-refractivity contribution < 1.29 is 94.1 Å². The van der Waals surface area contributed by atoms with Gasteiger partial charge in [-0.2, -0.15) is 36.3 Å². The average Bonchev–Trinajstić information content (AvgIpc) is 1.39. The van der Waals surface area contributed by atoms with E-state index in [1.807, 2.05) is 0 Å². The Morgan fingerprint density at radius 2 is 1.15 bits per heavy atom. The summed E-state index contributed by atoms with van der Waals surface area (Å²) in [6, 6.07) is -2.43. The topological polar surface area (TPSA) is 117 Å². The summed E-state index contributed by atoms with van der Waals surface area (Å²) in [4.78, 5) is 63.7. The van der Waals surface area contributed by atoms with Crippen LogP contribution in [0.4, 0.5) is 35.1 Å². The molecule has 96 heavy (non-hydrogen) atoms. The number of halogens is 8. The van der Waals surface area contributed by atoms with Gasteiger partial charge in [-0.3, -0.25) is 19.2 Å². The molecule has 0 N–H and O–H groups in total. The fourth-order valence-electron chi connectivity index (χ4n) is 9.25. The van der Waals surface area contributed by atoms with E-state index in [0.717, 1.165) is 44.7 Å². The van der Waals surface area contributed by atoms with Crippen LogP contribution < -0.4 is 11.1 Å². The number of thioether (sulfide) groups is 2. The number of nitrogens with zero attached hydrogens (tertiary/aromatic N) is 8. The first-order valence-corrected chi connectivity index (χ1v) is 30.5. The molecule has 0 fully saturated rings. The van der Waals surface area contributed by atoms with Crippen LogP contribution in [0, 0.1) is 18.6 Å². The van der Waals surface area contributed by atoms with Gasteiger partial charge in [0.05, 0.1) is 41.8 Å². The second-order valence-corrected chi connectivity index (χ2v) is 22.1. The number of rotatable bonds is 26. The minimum absolute atomic E-state index is 0.0136. The highest BCUT2D eigenvalue weighted by Crippen LogP contribution is 2.36. The van der Waals surface area contributed by atoms with Crippen LogP contribution in [0.15, 0.2) is 159 Å². The maximum Gasteiger partial charge on any atom is 0.416 e. The lowest BCUT2D eigenvalue weighted by Gasteiger charge is -2.33. The van der Waals surface area contributed by atoms with Crippen LogP contribution >= 0.6 is 23.5 Å². The first kappa shape index (κ1) is 38.3. The second kappa shape index (κ2) is 32.9. The molecule has 2 amide bonds. The number of carbonyl (C=O) groups excluding carboxylic acids is 2. The normalized spacial score (nSPS) is 21.9. The van der Waals surface area contributed by atoms with Crippen molar-refractivity contribution in [2.75, 3.05) is 52.0 Å². The Morgan fingerprint density at radius 1 is 0.604 bits per heavy atom. The molecule has 22 heteroatoms. The van der Waals surface area contributed by atoms with Gasteiger partial charge in [-0.15, -0.1) is 0 Å². The van der Waals surface area contributed by atoms with E-state index < -0.39 is 281 Å². The van der Waals surface area contributed by atoms with Crippen molar-refractivity contribution >= 4 is 35.3 Å². The highest BCUT2D eigenvalue weighted by Gasteiger charge is 2.34. The van der Waals surface area contributed by atoms with Crippen LogP contribution in [-0.4, -0.2) is 102 Å². The van der Waals surface area contributed by atoms with Crippen molar-refractivity contribution in [1.29, 1.82) is 0 Å². The van der Waals surface area contributed by atoms with Gasteiger partial charge in [0.15, 0.2) is 10.3 Å². The molecular formula is C74H80F8N8O4S2. The van der Waals surface area contributed by atoms with Crippen LogP contribution in [0.25, 0.3) is 22.3 Å². The predicted octanol–water partition coefficient (Wildman–Crippen LogP) is 15.3. The summed E-state index contributed by atoms with van der Waals surface area (Å²) in [5.74, 6) is -6.35. The van der Waals surface area contributed by atoms with Gasteiger partial charge < -0.3 is 28.7 Å². The second-order valence-electron chi connectivity index (χ2n) is 20.3. The summed E-state index contributed by atoms with van der Waals surface area (Å²) >= 11 is 1.13. The molecule has 0 saturated heterocycles. The molecule has 10 rings (SSSR count). The Balaban J connectivity index is 0.000000308. The molecule has 0 bridgehead atoms. The average molecular weight is 1400 g/mol. The van der Waals surface area contributed by atoms with Gasteiger partial charge in [-0.05, 0) is 171 Å². The Hall–Kier alpha value is -7.92. The van der Waals surface area contributed by atoms with Gasteiger partial charge in [-0.1, -0.05) is 148 Å². The van der Waals surface area contributed by atoms with Crippen molar-refractivity contribution in [3.63, 3.8) is 0 Å². The summed E-state index contributed by atoms with van der Waals surface area (Å²) in [7, 11) is 0. The van der Waals surface area contributed by atoms with E-state index >= 15 is 4.79 Å². The fraction of sp³-hybridized carbons (Fsp3) is 0.378. The van der Waals surface area contributed by atoms with Crippen LogP contribution in [0.5, 0.6) is 0 Å². The summed E-state index contributed by atoms with van der Waals surface area (Å²) in [6.45, 7) is -31.6. The Labute approximate surface area is 614 Å². The minimum atomic E-state index is -5.34. The molecule has 0 radical (unpaired) electrons. The lowest BCUT2D eigenvalue weighted by molar-refractivity contribution is -0.138. The largest absolute Gasteiger partial charge is 0.416 e. The number of carbonyl (C=O) groups is 2. The molecular weight excluding hydrogens is 1280 g/mol. The molecule has 0 aliphatic heterocycles. The standard InChI is InChI=1S/2C37H40F4N4O2S/c1-4-43(5-2)21-22-44(25(3)27-11-13-28(14-12-27)29-15-17-30(18-16-29)37(39,40)41)34(46)23-45-33-8-6-7-32(33)35(47)42-36(45)48-24-26-9-19-31(38)20-10-26;1-4-43(5-2)19-20-44(22-26-9-13-28(14-10-26)29-15-18-32(25(3)21-29)37(39,40)41)34(46)23-45-33-8-6-7-31(33)35(47)42-36(45)48-24-27-11-16-30(38)17-12-27/h9-20,25H,4-8,21-24H2,1-3H3;9-18,21H,4-8,19-20,22-24H2,1-3H3/i4D2,5D2,21D2,22D2,25D;4D2,5D2,6D2,7D2,8D2,9D,10D,11D,12D,13D,14D,15D,16D,17D,18D,19D2,20D2,21D,22D2. The van der Waals surface area contributed by atoms with Gasteiger partial charge in [0.2, 0.25) is 11.8 Å². The molecule has 0 spiro atoms. The Kier molecular flexibility index (Phi) is 13.1. The van der Waals surface area contributed by atoms with Gasteiger partial charge in [0.25, 0.3) is 11.1 Å². The molecule has 0 saturated carbocycles. The van der Waals surface area contributed by atoms with Crippen LogP contribution in [0.1, 0.15) is 164 Å². The van der Waals surface area contributed by atoms with Crippen molar-refractivity contribution in [3.05, 3.63) is 233 Å². The lowest BCUT2D eigenvalue weighted by atomic mass is 9.98. The van der Waals surface area contributed by atoms with Crippen LogP contribution in [-0.2, 0) is 78.6 Å². The summed E-state index contributed by atoms with van der Waals surface area (Å²) < 4.78 is 424. The molecule has 2 aromatic heterocycles. The first-order chi connectivity index (χ1) is 59.6. The van der Waals surface area contributed by atoms with E-state index in [9.17, 15) is 59.1 Å². The zero-order valence-corrected chi connectivity index (χ0v) is 53.1. The van der Waals surface area contributed by atoms with E-state index in [2.05, 4.69) is 9.97 Å². The third-order valence-electron chi connectivity index (χ3n) is 14.1. The summed E-state index contributed by atoms with van der Waals surface area (Å²) in [6.07, 6.45) is -20.0. The Morgan fingerprint density at radius 3 is 1.74 bits per heavy atom. The monoisotopic (exact) mass is 1400 g/mol. The number of amides is 2. The van der Waals surface area contributed by atoms with Crippen molar-refractivity contribution in [2.24, 2.45) is 0 Å². The van der Waals surface area contributed by atoms with Crippen LogP contribution in [0.2, 0.25) is 0 Å². The number of likely N-dealkylation sites (N-methyl/N-ethyl adjacent to an activating group) is 2. The molecule has 2 heterocycles. The molecule has 2 aliphatic carbocycles. The molecule has 1 unspecified atom stereocenters. The van der Waals surface area contributed by atoms with E-state index in [1.165, 1.54) is 65.2 Å². The number of hydrogen-bond donors (Lipinski definition) is 0. The van der Waals surface area contributed by atoms with Gasteiger partial charge >= 0.3 is 12.4 Å². The third kappa shape index (κ3) is 18.6. The number of hydrogen-bond acceptors (Lipinski definition) is 10. The smallest absolute Gasteiger partial charge is 0.336 e. The fourth-order valence-corrected chi connectivity index (χ4v) is 11.1. The van der Waals surface area contributed by atoms with Crippen molar-refractivity contribution in [1.82, 2.24) is 38.7 Å². The van der Waals surface area contributed by atoms with Gasteiger partial charge in [0.1, 0.15) is 24.7 Å². The van der Waals surface area contributed by atoms with E-state index in [-0.39, 0.29) is 42.6 Å². The minimum Gasteiger partial charge on any atom is -0.336 e. The maximum absolute atomic E-state index is 15.3. The number of fused-ring (bicyclic) bond motifs is 2. The predicted molar refractivity (Wildman–Crippen MR) is 363 cm³/mol. The molecule has 508 valence electrons. The quantitative estimate of drug-likeness (QED) is 0.0295. The SMILES string of the molecule is [2H]C([2H])(C)N(C([2H])([2H])C)C([2H])([2H])C([2H])([2H])N(C(=O)Cn1c(SCc2ccc(F)cc2)nc(=O)c2c1CCC2)C([2H])(C)c1ccc(-c2ccc(C(F)(F)F)cc2)cc1.[2H]c1c([2H])c(CSc2nc(=O)c3c(n2CC(=O)N(C([2H])([2H])c2c([2H])c([2H])c(-c4c([2H])c([2H])c(C(F)(F)F)c(C)c4[2H])c([2H])c2[2H])C([2H])([2H])C([2H])([2H])N(C([2H])([2H])C)C([2H])([2H])C)C([2H])([2H])C([2H])([2H])C3([2H])[2H])c([2H])c([2H])c1F.